The van der Waals surface area contributed by atoms with Crippen molar-refractivity contribution < 1.29 is 4.39 Å². The van der Waals surface area contributed by atoms with Gasteiger partial charge in [0, 0.05) is 23.1 Å². The summed E-state index contributed by atoms with van der Waals surface area (Å²) in [5.41, 5.74) is 1.01. The van der Waals surface area contributed by atoms with E-state index >= 15 is 0 Å². The van der Waals surface area contributed by atoms with Crippen LogP contribution in [-0.4, -0.2) is 18.6 Å². The SMILES string of the molecule is Fc1ccc(Br)c(CNC2CCCC2C2CCCCN2)c1. The smallest absolute Gasteiger partial charge is 0.123 e. The van der Waals surface area contributed by atoms with Crippen LogP contribution < -0.4 is 10.6 Å². The number of hydrogen-bond donors (Lipinski definition) is 2. The fourth-order valence-electron chi connectivity index (χ4n) is 3.89. The maximum absolute atomic E-state index is 13.4. The van der Waals surface area contributed by atoms with Gasteiger partial charge in [-0.25, -0.2) is 4.39 Å². The van der Waals surface area contributed by atoms with Crippen LogP contribution in [0.1, 0.15) is 44.1 Å². The Bertz CT molecular complexity index is 474. The Labute approximate surface area is 135 Å². The Morgan fingerprint density at radius 3 is 2.90 bits per heavy atom. The molecule has 2 fully saturated rings. The molecule has 1 saturated carbocycles. The molecule has 2 aliphatic rings. The predicted octanol–water partition coefficient (Wildman–Crippen LogP) is 3.99. The molecule has 1 saturated heterocycles. The summed E-state index contributed by atoms with van der Waals surface area (Å²) < 4.78 is 14.3. The number of halogens is 2. The summed E-state index contributed by atoms with van der Waals surface area (Å²) in [4.78, 5) is 0. The normalized spacial score (nSPS) is 29.7. The van der Waals surface area contributed by atoms with Crippen LogP contribution in [0.5, 0.6) is 0 Å². The zero-order valence-electron chi connectivity index (χ0n) is 12.4. The average Bonchev–Trinajstić information content (AvgIpc) is 2.97. The lowest BCUT2D eigenvalue weighted by atomic mass is 9.88. The van der Waals surface area contributed by atoms with Crippen molar-refractivity contribution in [3.8, 4) is 0 Å². The van der Waals surface area contributed by atoms with Gasteiger partial charge in [-0.1, -0.05) is 28.8 Å². The van der Waals surface area contributed by atoms with Crippen molar-refractivity contribution in [1.29, 1.82) is 0 Å². The van der Waals surface area contributed by atoms with Crippen molar-refractivity contribution in [2.45, 2.75) is 57.2 Å². The fraction of sp³-hybridized carbons (Fsp3) is 0.647. The minimum absolute atomic E-state index is 0.160. The molecule has 21 heavy (non-hydrogen) atoms. The summed E-state index contributed by atoms with van der Waals surface area (Å²) in [6, 6.07) is 6.16. The third-order valence-corrected chi connectivity index (χ3v) is 5.77. The lowest BCUT2D eigenvalue weighted by molar-refractivity contribution is 0.256. The van der Waals surface area contributed by atoms with Crippen molar-refractivity contribution in [1.82, 2.24) is 10.6 Å². The zero-order valence-corrected chi connectivity index (χ0v) is 14.0. The van der Waals surface area contributed by atoms with Gasteiger partial charge in [0.2, 0.25) is 0 Å². The Kier molecular flexibility index (Phi) is 5.30. The molecule has 2 N–H and O–H groups in total. The first-order chi connectivity index (χ1) is 10.2. The number of hydrogen-bond acceptors (Lipinski definition) is 2. The first kappa shape index (κ1) is 15.4. The number of rotatable bonds is 4. The lowest BCUT2D eigenvalue weighted by Crippen LogP contribution is -2.46. The van der Waals surface area contributed by atoms with Gasteiger partial charge in [-0.3, -0.25) is 0 Å². The summed E-state index contributed by atoms with van der Waals surface area (Å²) in [6.07, 6.45) is 7.86. The highest BCUT2D eigenvalue weighted by Crippen LogP contribution is 2.32. The van der Waals surface area contributed by atoms with E-state index in [1.165, 1.54) is 51.1 Å². The molecule has 3 unspecified atom stereocenters. The number of nitrogens with one attached hydrogen (secondary N) is 2. The van der Waals surface area contributed by atoms with Gasteiger partial charge in [-0.15, -0.1) is 0 Å². The highest BCUT2D eigenvalue weighted by molar-refractivity contribution is 9.10. The largest absolute Gasteiger partial charge is 0.314 e. The summed E-state index contributed by atoms with van der Waals surface area (Å²) in [5.74, 6) is 0.574. The maximum Gasteiger partial charge on any atom is 0.123 e. The topological polar surface area (TPSA) is 24.1 Å². The van der Waals surface area contributed by atoms with Gasteiger partial charge in [0.1, 0.15) is 5.82 Å². The summed E-state index contributed by atoms with van der Waals surface area (Å²) in [6.45, 7) is 1.91. The van der Waals surface area contributed by atoms with Gasteiger partial charge in [0.05, 0.1) is 0 Å². The van der Waals surface area contributed by atoms with Crippen LogP contribution in [0.2, 0.25) is 0 Å². The highest BCUT2D eigenvalue weighted by Gasteiger charge is 2.33. The van der Waals surface area contributed by atoms with Crippen LogP contribution in [0.25, 0.3) is 0 Å². The third-order valence-electron chi connectivity index (χ3n) is 5.00. The molecule has 3 atom stereocenters. The molecule has 1 aromatic carbocycles. The van der Waals surface area contributed by atoms with Crippen molar-refractivity contribution in [2.75, 3.05) is 6.54 Å². The van der Waals surface area contributed by atoms with Crippen LogP contribution >= 0.6 is 15.9 Å². The molecular weight excluding hydrogens is 331 g/mol. The van der Waals surface area contributed by atoms with Crippen LogP contribution in [0, 0.1) is 11.7 Å². The molecule has 1 aliphatic carbocycles. The Balaban J connectivity index is 1.59. The summed E-state index contributed by atoms with van der Waals surface area (Å²) in [7, 11) is 0. The first-order valence-corrected chi connectivity index (χ1v) is 8.94. The van der Waals surface area contributed by atoms with E-state index in [2.05, 4.69) is 26.6 Å². The summed E-state index contributed by atoms with van der Waals surface area (Å²) >= 11 is 3.51. The molecule has 0 amide bonds. The van der Waals surface area contributed by atoms with E-state index in [0.29, 0.717) is 12.1 Å². The molecule has 0 spiro atoms. The predicted molar refractivity (Wildman–Crippen MR) is 87.7 cm³/mol. The van der Waals surface area contributed by atoms with Crippen molar-refractivity contribution in [3.63, 3.8) is 0 Å². The second-order valence-electron chi connectivity index (χ2n) is 6.37. The van der Waals surface area contributed by atoms with E-state index in [0.717, 1.165) is 22.5 Å². The van der Waals surface area contributed by atoms with Crippen LogP contribution in [0.3, 0.4) is 0 Å². The second-order valence-corrected chi connectivity index (χ2v) is 7.23. The van der Waals surface area contributed by atoms with Gasteiger partial charge >= 0.3 is 0 Å². The molecule has 1 heterocycles. The van der Waals surface area contributed by atoms with Crippen LogP contribution in [-0.2, 0) is 6.54 Å². The van der Waals surface area contributed by atoms with Gasteiger partial charge in [0.25, 0.3) is 0 Å². The molecule has 0 radical (unpaired) electrons. The van der Waals surface area contributed by atoms with Gasteiger partial charge in [-0.05, 0) is 61.9 Å². The van der Waals surface area contributed by atoms with Crippen LogP contribution in [0.15, 0.2) is 22.7 Å². The number of piperidine rings is 1. The molecule has 1 aliphatic heterocycles. The van der Waals surface area contributed by atoms with E-state index in [1.807, 2.05) is 0 Å². The van der Waals surface area contributed by atoms with E-state index in [4.69, 9.17) is 0 Å². The van der Waals surface area contributed by atoms with Gasteiger partial charge < -0.3 is 10.6 Å². The lowest BCUT2D eigenvalue weighted by Gasteiger charge is -2.33. The third kappa shape index (κ3) is 3.85. The van der Waals surface area contributed by atoms with Gasteiger partial charge in [0.15, 0.2) is 0 Å². The molecular formula is C17H24BrFN2. The van der Waals surface area contributed by atoms with Crippen molar-refractivity contribution in [2.24, 2.45) is 5.92 Å². The molecule has 116 valence electrons. The monoisotopic (exact) mass is 354 g/mol. The van der Waals surface area contributed by atoms with Crippen LogP contribution in [0.4, 0.5) is 4.39 Å². The van der Waals surface area contributed by atoms with E-state index < -0.39 is 0 Å². The minimum atomic E-state index is -0.160. The van der Waals surface area contributed by atoms with E-state index in [9.17, 15) is 4.39 Å². The highest BCUT2D eigenvalue weighted by atomic mass is 79.9. The summed E-state index contributed by atoms with van der Waals surface area (Å²) in [5, 5.41) is 7.38. The van der Waals surface area contributed by atoms with Crippen molar-refractivity contribution in [3.05, 3.63) is 34.1 Å². The first-order valence-electron chi connectivity index (χ1n) is 8.15. The molecule has 1 aromatic rings. The minimum Gasteiger partial charge on any atom is -0.314 e. The Morgan fingerprint density at radius 1 is 1.19 bits per heavy atom. The van der Waals surface area contributed by atoms with E-state index in [-0.39, 0.29) is 5.82 Å². The van der Waals surface area contributed by atoms with E-state index in [1.54, 1.807) is 12.1 Å². The molecule has 4 heteroatoms. The fourth-order valence-corrected chi connectivity index (χ4v) is 4.27. The average molecular weight is 355 g/mol. The number of benzene rings is 1. The maximum atomic E-state index is 13.4. The molecule has 2 nitrogen and oxygen atoms in total. The standard InChI is InChI=1S/C17H24BrFN2/c18-15-8-7-13(19)10-12(15)11-21-17-6-3-4-14(17)16-5-1-2-9-20-16/h7-8,10,14,16-17,20-21H,1-6,9,11H2. The quantitative estimate of drug-likeness (QED) is 0.854. The second kappa shape index (κ2) is 7.21. The molecule has 0 bridgehead atoms. The zero-order chi connectivity index (χ0) is 14.7. The van der Waals surface area contributed by atoms with Crippen molar-refractivity contribution >= 4 is 15.9 Å². The Morgan fingerprint density at radius 2 is 2.10 bits per heavy atom. The Hall–Kier alpha value is -0.450. The molecule has 3 rings (SSSR count). The molecule has 0 aromatic heterocycles. The van der Waals surface area contributed by atoms with Gasteiger partial charge in [-0.2, -0.15) is 0 Å².